The number of carbonyl (C=O) groups excluding carboxylic acids is 1. The average molecular weight is 266 g/mol. The maximum Gasteiger partial charge on any atom is 1.00 e. The molecule has 0 atom stereocenters. The van der Waals surface area contributed by atoms with E-state index in [-0.39, 0.29) is 57.2 Å². The van der Waals surface area contributed by atoms with Gasteiger partial charge in [0.1, 0.15) is 5.69 Å². The molecular weight excluding hydrogens is 259 g/mol. The maximum absolute atomic E-state index is 11.2. The molecule has 0 bridgehead atoms. The van der Waals surface area contributed by atoms with E-state index in [2.05, 4.69) is 31.6 Å². The molecule has 3 rings (SSSR count). The van der Waals surface area contributed by atoms with Gasteiger partial charge in [0.2, 0.25) is 0 Å². The Labute approximate surface area is 144 Å². The van der Waals surface area contributed by atoms with Crippen LogP contribution < -0.4 is 51.4 Å². The SMILES string of the molecule is CC(=O)c1ccn(-c2n[c-]nc3[nH]ncc23)n1.[K+]. The summed E-state index contributed by atoms with van der Waals surface area (Å²) in [6.07, 6.45) is 5.78. The second-order valence-electron chi connectivity index (χ2n) is 3.48. The minimum atomic E-state index is -0.0924. The van der Waals surface area contributed by atoms with Crippen molar-refractivity contribution in [2.24, 2.45) is 0 Å². The summed E-state index contributed by atoms with van der Waals surface area (Å²) in [4.78, 5) is 19.1. The van der Waals surface area contributed by atoms with E-state index in [1.54, 1.807) is 18.5 Å². The van der Waals surface area contributed by atoms with Crippen molar-refractivity contribution >= 4 is 16.8 Å². The fraction of sp³-hybridized carbons (Fsp3) is 0.100. The predicted octanol–water partition coefficient (Wildman–Crippen LogP) is -2.45. The molecule has 8 heteroatoms. The van der Waals surface area contributed by atoms with Gasteiger partial charge in [-0.15, -0.1) is 0 Å². The number of H-pyrrole nitrogens is 1. The Bertz CT molecular complexity index is 703. The number of hydrogen-bond donors (Lipinski definition) is 1. The molecule has 3 heterocycles. The van der Waals surface area contributed by atoms with Gasteiger partial charge < -0.3 is 15.1 Å². The van der Waals surface area contributed by atoms with E-state index in [4.69, 9.17) is 0 Å². The Kier molecular flexibility index (Phi) is 4.02. The van der Waals surface area contributed by atoms with Crippen LogP contribution in [0.4, 0.5) is 0 Å². The molecule has 0 aliphatic heterocycles. The molecule has 0 spiro atoms. The molecule has 18 heavy (non-hydrogen) atoms. The van der Waals surface area contributed by atoms with E-state index in [0.29, 0.717) is 17.2 Å². The van der Waals surface area contributed by atoms with E-state index < -0.39 is 0 Å². The van der Waals surface area contributed by atoms with Crippen LogP contribution in [0.2, 0.25) is 0 Å². The van der Waals surface area contributed by atoms with E-state index in [1.807, 2.05) is 0 Å². The fourth-order valence-corrected chi connectivity index (χ4v) is 1.52. The van der Waals surface area contributed by atoms with Crippen LogP contribution in [0.1, 0.15) is 17.4 Å². The van der Waals surface area contributed by atoms with Gasteiger partial charge in [0.05, 0.1) is 5.82 Å². The zero-order chi connectivity index (χ0) is 11.8. The second kappa shape index (κ2) is 5.37. The number of nitrogens with zero attached hydrogens (tertiary/aromatic N) is 5. The van der Waals surface area contributed by atoms with Gasteiger partial charge in [-0.25, -0.2) is 0 Å². The minimum Gasteiger partial charge on any atom is -0.349 e. The van der Waals surface area contributed by atoms with Crippen molar-refractivity contribution in [3.63, 3.8) is 0 Å². The number of carbonyl (C=O) groups is 1. The van der Waals surface area contributed by atoms with Gasteiger partial charge in [-0.1, -0.05) is 0 Å². The van der Waals surface area contributed by atoms with Gasteiger partial charge >= 0.3 is 51.4 Å². The molecule has 84 valence electrons. The molecule has 0 unspecified atom stereocenters. The molecule has 0 aromatic carbocycles. The van der Waals surface area contributed by atoms with Crippen LogP contribution in [-0.4, -0.2) is 35.7 Å². The summed E-state index contributed by atoms with van der Waals surface area (Å²) >= 11 is 0. The summed E-state index contributed by atoms with van der Waals surface area (Å²) in [6, 6.07) is 1.64. The number of rotatable bonds is 2. The number of Topliss-reactive ketones (excluding diaryl/α,β-unsaturated/α-hetero) is 1. The molecule has 0 radical (unpaired) electrons. The molecule has 0 aliphatic carbocycles. The van der Waals surface area contributed by atoms with Crippen molar-refractivity contribution in [2.45, 2.75) is 6.92 Å². The summed E-state index contributed by atoms with van der Waals surface area (Å²) in [7, 11) is 0. The van der Waals surface area contributed by atoms with Gasteiger partial charge in [0.15, 0.2) is 5.78 Å². The van der Waals surface area contributed by atoms with Crippen molar-refractivity contribution in [2.75, 3.05) is 0 Å². The van der Waals surface area contributed by atoms with Crippen molar-refractivity contribution in [3.8, 4) is 5.82 Å². The number of hydrogen-bond acceptors (Lipinski definition) is 5. The van der Waals surface area contributed by atoms with Crippen LogP contribution in [0, 0.1) is 6.33 Å². The zero-order valence-electron chi connectivity index (χ0n) is 9.88. The quantitative estimate of drug-likeness (QED) is 0.316. The third-order valence-corrected chi connectivity index (χ3v) is 2.34. The Hall–Kier alpha value is -0.934. The molecule has 0 saturated heterocycles. The summed E-state index contributed by atoms with van der Waals surface area (Å²) in [5.41, 5.74) is 0.968. The summed E-state index contributed by atoms with van der Waals surface area (Å²) < 4.78 is 1.51. The zero-order valence-corrected chi connectivity index (χ0v) is 13.0. The Morgan fingerprint density at radius 1 is 1.44 bits per heavy atom. The molecule has 0 amide bonds. The minimum absolute atomic E-state index is 0. The maximum atomic E-state index is 11.2. The number of nitrogens with one attached hydrogen (secondary N) is 1. The second-order valence-corrected chi connectivity index (χ2v) is 3.48. The number of aromatic nitrogens is 6. The van der Waals surface area contributed by atoms with E-state index in [0.717, 1.165) is 5.39 Å². The molecule has 3 aromatic heterocycles. The van der Waals surface area contributed by atoms with E-state index >= 15 is 0 Å². The molecule has 1 N–H and O–H groups in total. The molecule has 0 aliphatic rings. The number of ketones is 1. The van der Waals surface area contributed by atoms with Gasteiger partial charge in [0.25, 0.3) is 0 Å². The van der Waals surface area contributed by atoms with Gasteiger partial charge in [-0.05, 0) is 11.5 Å². The average Bonchev–Trinajstić information content (AvgIpc) is 2.97. The third kappa shape index (κ3) is 2.29. The van der Waals surface area contributed by atoms with E-state index in [1.165, 1.54) is 11.6 Å². The van der Waals surface area contributed by atoms with Crippen LogP contribution in [0.15, 0.2) is 18.5 Å². The Balaban J connectivity index is 0.00000120. The van der Waals surface area contributed by atoms with Crippen LogP contribution in [0.5, 0.6) is 0 Å². The fourth-order valence-electron chi connectivity index (χ4n) is 1.52. The van der Waals surface area contributed by atoms with Gasteiger partial charge in [-0.3, -0.25) is 9.48 Å². The smallest absolute Gasteiger partial charge is 0.349 e. The topological polar surface area (TPSA) is 89.4 Å². The number of fused-ring (bicyclic) bond motifs is 1. The molecule has 3 aromatic rings. The first-order valence-electron chi connectivity index (χ1n) is 4.90. The molecule has 0 fully saturated rings. The normalized spacial score (nSPS) is 10.3. The monoisotopic (exact) mass is 266 g/mol. The molecular formula is C10H7KN6O. The summed E-state index contributed by atoms with van der Waals surface area (Å²) in [5.74, 6) is 0.446. The van der Waals surface area contributed by atoms with Gasteiger partial charge in [0, 0.05) is 31.3 Å². The largest absolute Gasteiger partial charge is 1.00 e. The van der Waals surface area contributed by atoms with Crippen molar-refractivity contribution in [3.05, 3.63) is 30.5 Å². The predicted molar refractivity (Wildman–Crippen MR) is 57.6 cm³/mol. The first-order valence-corrected chi connectivity index (χ1v) is 4.90. The van der Waals surface area contributed by atoms with Crippen LogP contribution in [0.3, 0.4) is 0 Å². The van der Waals surface area contributed by atoms with Gasteiger partial charge in [-0.2, -0.15) is 10.2 Å². The summed E-state index contributed by atoms with van der Waals surface area (Å²) in [5, 5.41) is 11.4. The van der Waals surface area contributed by atoms with Crippen LogP contribution >= 0.6 is 0 Å². The summed E-state index contributed by atoms with van der Waals surface area (Å²) in [6.45, 7) is 1.46. The third-order valence-electron chi connectivity index (χ3n) is 2.34. The Morgan fingerprint density at radius 2 is 2.28 bits per heavy atom. The first kappa shape index (κ1) is 13.5. The standard InChI is InChI=1S/C10H7N6O.K/c1-6(17)8-2-3-16(15-8)10-7-4-13-14-9(7)11-5-12-10;/h2-4H,1H3,(H,11,12,13,14);/q-1;+1. The van der Waals surface area contributed by atoms with Crippen molar-refractivity contribution in [1.82, 2.24) is 29.9 Å². The first-order chi connectivity index (χ1) is 8.25. The van der Waals surface area contributed by atoms with Crippen molar-refractivity contribution < 1.29 is 56.2 Å². The van der Waals surface area contributed by atoms with E-state index in [9.17, 15) is 4.79 Å². The molecule has 7 nitrogen and oxygen atoms in total. The molecule has 0 saturated carbocycles. The van der Waals surface area contributed by atoms with Crippen molar-refractivity contribution in [1.29, 1.82) is 0 Å². The Morgan fingerprint density at radius 3 is 3.00 bits per heavy atom. The van der Waals surface area contributed by atoms with Crippen LogP contribution in [-0.2, 0) is 0 Å². The van der Waals surface area contributed by atoms with Crippen LogP contribution in [0.25, 0.3) is 16.9 Å². The number of aromatic amines is 1.